The van der Waals surface area contributed by atoms with Crippen molar-refractivity contribution in [3.8, 4) is 0 Å². The minimum absolute atomic E-state index is 0.295. The highest BCUT2D eigenvalue weighted by molar-refractivity contribution is 6.33. The number of fused-ring (bicyclic) bond motifs is 1. The van der Waals surface area contributed by atoms with E-state index >= 15 is 0 Å². The van der Waals surface area contributed by atoms with Crippen LogP contribution in [-0.4, -0.2) is 19.6 Å². The number of methoxy groups -OCH3 is 1. The van der Waals surface area contributed by atoms with Crippen LogP contribution in [0.5, 0.6) is 0 Å². The van der Waals surface area contributed by atoms with Crippen molar-refractivity contribution in [2.45, 2.75) is 12.3 Å². The Kier molecular flexibility index (Phi) is 3.01. The van der Waals surface area contributed by atoms with E-state index in [2.05, 4.69) is 5.32 Å². The van der Waals surface area contributed by atoms with Crippen molar-refractivity contribution in [1.29, 1.82) is 0 Å². The lowest BCUT2D eigenvalue weighted by molar-refractivity contribution is -0.142. The molecular formula is C11H11ClFNO2. The normalized spacial score (nSPS) is 18.6. The first kappa shape index (κ1) is 11.2. The molecule has 1 heterocycles. The van der Waals surface area contributed by atoms with Crippen molar-refractivity contribution in [1.82, 2.24) is 0 Å². The molecule has 0 fully saturated rings. The number of esters is 1. The maximum Gasteiger partial charge on any atom is 0.313 e. The van der Waals surface area contributed by atoms with Crippen LogP contribution < -0.4 is 5.32 Å². The van der Waals surface area contributed by atoms with E-state index in [1.165, 1.54) is 19.2 Å². The molecule has 5 heteroatoms. The zero-order chi connectivity index (χ0) is 11.7. The van der Waals surface area contributed by atoms with Crippen molar-refractivity contribution < 1.29 is 13.9 Å². The fourth-order valence-electron chi connectivity index (χ4n) is 1.94. The van der Waals surface area contributed by atoms with Crippen LogP contribution in [0.15, 0.2) is 12.1 Å². The first-order valence-corrected chi connectivity index (χ1v) is 5.32. The zero-order valence-electron chi connectivity index (χ0n) is 8.72. The van der Waals surface area contributed by atoms with E-state index in [0.717, 1.165) is 0 Å². The zero-order valence-corrected chi connectivity index (χ0v) is 9.47. The fraction of sp³-hybridized carbons (Fsp3) is 0.364. The Bertz CT molecular complexity index is 436. The summed E-state index contributed by atoms with van der Waals surface area (Å²) in [5.41, 5.74) is 1.20. The average molecular weight is 244 g/mol. The minimum Gasteiger partial charge on any atom is -0.469 e. The van der Waals surface area contributed by atoms with E-state index in [-0.39, 0.29) is 5.97 Å². The molecule has 0 amide bonds. The molecule has 0 radical (unpaired) electrons. The number of hydrogen-bond acceptors (Lipinski definition) is 3. The van der Waals surface area contributed by atoms with Gasteiger partial charge in [-0.25, -0.2) is 4.39 Å². The van der Waals surface area contributed by atoms with Gasteiger partial charge in [0.05, 0.1) is 23.7 Å². The van der Waals surface area contributed by atoms with Crippen LogP contribution in [0.25, 0.3) is 0 Å². The Balaban J connectivity index is 2.49. The highest BCUT2D eigenvalue weighted by Gasteiger charge is 2.29. The highest BCUT2D eigenvalue weighted by Crippen LogP contribution is 2.37. The predicted octanol–water partition coefficient (Wildman–Crippen LogP) is 2.55. The molecule has 1 aromatic carbocycles. The third-order valence-electron chi connectivity index (χ3n) is 2.68. The lowest BCUT2D eigenvalue weighted by atomic mass is 9.91. The topological polar surface area (TPSA) is 38.3 Å². The second kappa shape index (κ2) is 4.29. The summed E-state index contributed by atoms with van der Waals surface area (Å²) in [6.07, 6.45) is 0.583. The molecule has 0 aliphatic carbocycles. The third-order valence-corrected chi connectivity index (χ3v) is 2.98. The van der Waals surface area contributed by atoms with Crippen LogP contribution in [0.4, 0.5) is 10.1 Å². The number of carbonyl (C=O) groups excluding carboxylic acids is 1. The van der Waals surface area contributed by atoms with Crippen molar-refractivity contribution in [3.05, 3.63) is 28.5 Å². The van der Waals surface area contributed by atoms with Crippen molar-refractivity contribution in [2.24, 2.45) is 0 Å². The van der Waals surface area contributed by atoms with Crippen LogP contribution in [-0.2, 0) is 9.53 Å². The Labute approximate surface area is 97.5 Å². The number of nitrogens with one attached hydrogen (secondary N) is 1. The van der Waals surface area contributed by atoms with Crippen LogP contribution in [0.2, 0.25) is 5.02 Å². The molecule has 0 bridgehead atoms. The highest BCUT2D eigenvalue weighted by atomic mass is 35.5. The molecular weight excluding hydrogens is 233 g/mol. The molecule has 1 N–H and O–H groups in total. The minimum atomic E-state index is -0.443. The summed E-state index contributed by atoms with van der Waals surface area (Å²) >= 11 is 5.91. The molecule has 1 atom stereocenters. The second-order valence-corrected chi connectivity index (χ2v) is 4.05. The van der Waals surface area contributed by atoms with Gasteiger partial charge in [-0.1, -0.05) is 11.6 Å². The van der Waals surface area contributed by atoms with Gasteiger partial charge in [0.25, 0.3) is 0 Å². The van der Waals surface area contributed by atoms with E-state index in [9.17, 15) is 9.18 Å². The summed E-state index contributed by atoms with van der Waals surface area (Å²) < 4.78 is 17.9. The summed E-state index contributed by atoms with van der Waals surface area (Å²) in [7, 11) is 1.32. The summed E-state index contributed by atoms with van der Waals surface area (Å²) in [5.74, 6) is -1.24. The standard InChI is InChI=1S/C11H11ClFNO2/c1-16-11(15)7-2-3-14-10-8(7)4-6(13)5-9(10)12/h4-5,7,14H,2-3H2,1H3. The van der Waals surface area contributed by atoms with Crippen LogP contribution in [0, 0.1) is 5.82 Å². The number of benzene rings is 1. The van der Waals surface area contributed by atoms with Gasteiger partial charge in [-0.15, -0.1) is 0 Å². The Hall–Kier alpha value is -1.29. The van der Waals surface area contributed by atoms with Crippen molar-refractivity contribution >= 4 is 23.3 Å². The van der Waals surface area contributed by atoms with E-state index in [1.54, 1.807) is 0 Å². The Morgan fingerprint density at radius 2 is 2.38 bits per heavy atom. The van der Waals surface area contributed by atoms with Gasteiger partial charge in [-0.3, -0.25) is 4.79 Å². The molecule has 86 valence electrons. The quantitative estimate of drug-likeness (QED) is 0.771. The largest absolute Gasteiger partial charge is 0.469 e. The molecule has 2 rings (SSSR count). The van der Waals surface area contributed by atoms with Gasteiger partial charge in [-0.2, -0.15) is 0 Å². The van der Waals surface area contributed by atoms with Gasteiger partial charge >= 0.3 is 5.97 Å². The van der Waals surface area contributed by atoms with Gasteiger partial charge in [-0.05, 0) is 24.1 Å². The molecule has 0 saturated carbocycles. The van der Waals surface area contributed by atoms with Gasteiger partial charge in [0.2, 0.25) is 0 Å². The monoisotopic (exact) mass is 243 g/mol. The van der Waals surface area contributed by atoms with Crippen LogP contribution >= 0.6 is 11.6 Å². The van der Waals surface area contributed by atoms with Crippen LogP contribution in [0.1, 0.15) is 17.9 Å². The van der Waals surface area contributed by atoms with Crippen LogP contribution in [0.3, 0.4) is 0 Å². The van der Waals surface area contributed by atoms with E-state index in [0.29, 0.717) is 29.2 Å². The number of halogens is 2. The lowest BCUT2D eigenvalue weighted by Gasteiger charge is -2.25. The molecule has 1 aromatic rings. The predicted molar refractivity (Wildman–Crippen MR) is 59.3 cm³/mol. The number of anilines is 1. The molecule has 3 nitrogen and oxygen atoms in total. The average Bonchev–Trinajstić information content (AvgIpc) is 2.27. The number of carbonyl (C=O) groups is 1. The van der Waals surface area contributed by atoms with Gasteiger partial charge in [0.1, 0.15) is 5.82 Å². The van der Waals surface area contributed by atoms with Gasteiger partial charge in [0.15, 0.2) is 0 Å². The maximum absolute atomic E-state index is 13.2. The Morgan fingerprint density at radius 1 is 1.62 bits per heavy atom. The van der Waals surface area contributed by atoms with E-state index in [1.807, 2.05) is 0 Å². The molecule has 1 aliphatic rings. The summed E-state index contributed by atoms with van der Waals surface area (Å²) in [6.45, 7) is 0.623. The van der Waals surface area contributed by atoms with Gasteiger partial charge < -0.3 is 10.1 Å². The lowest BCUT2D eigenvalue weighted by Crippen LogP contribution is -2.24. The summed E-state index contributed by atoms with van der Waals surface area (Å²) in [5, 5.41) is 3.36. The molecule has 1 unspecified atom stereocenters. The molecule has 0 saturated heterocycles. The fourth-order valence-corrected chi connectivity index (χ4v) is 2.22. The summed E-state index contributed by atoms with van der Waals surface area (Å²) in [6, 6.07) is 2.56. The molecule has 0 aromatic heterocycles. The first-order valence-electron chi connectivity index (χ1n) is 4.94. The molecule has 16 heavy (non-hydrogen) atoms. The van der Waals surface area contributed by atoms with E-state index < -0.39 is 11.7 Å². The van der Waals surface area contributed by atoms with Crippen molar-refractivity contribution in [2.75, 3.05) is 19.0 Å². The SMILES string of the molecule is COC(=O)C1CCNc2c(Cl)cc(F)cc21. The number of ether oxygens (including phenoxy) is 1. The first-order chi connectivity index (χ1) is 7.63. The number of hydrogen-bond donors (Lipinski definition) is 1. The molecule has 1 aliphatic heterocycles. The molecule has 0 spiro atoms. The smallest absolute Gasteiger partial charge is 0.313 e. The van der Waals surface area contributed by atoms with E-state index in [4.69, 9.17) is 16.3 Å². The second-order valence-electron chi connectivity index (χ2n) is 3.64. The third kappa shape index (κ3) is 1.85. The maximum atomic E-state index is 13.2. The number of rotatable bonds is 1. The van der Waals surface area contributed by atoms with Gasteiger partial charge in [0, 0.05) is 6.54 Å². The van der Waals surface area contributed by atoms with Crippen molar-refractivity contribution in [3.63, 3.8) is 0 Å². The Morgan fingerprint density at radius 3 is 3.06 bits per heavy atom. The summed E-state index contributed by atoms with van der Waals surface area (Å²) in [4.78, 5) is 11.5.